The maximum absolute atomic E-state index is 12.4. The van der Waals surface area contributed by atoms with Crippen LogP contribution in [0.3, 0.4) is 0 Å². The highest BCUT2D eigenvalue weighted by Crippen LogP contribution is 2.19. The van der Waals surface area contributed by atoms with Gasteiger partial charge in [0.05, 0.1) is 10.4 Å². The molecule has 0 aliphatic carbocycles. The molecule has 0 saturated carbocycles. The van der Waals surface area contributed by atoms with Crippen LogP contribution in [0.2, 0.25) is 0 Å². The number of hydrogen-bond acceptors (Lipinski definition) is 4. The molecule has 2 heterocycles. The Morgan fingerprint density at radius 2 is 1.83 bits per heavy atom. The average Bonchev–Trinajstić information content (AvgIpc) is 3.26. The molecule has 3 N–H and O–H groups in total. The Hall–Kier alpha value is -2.67. The van der Waals surface area contributed by atoms with E-state index in [0.717, 1.165) is 37.3 Å². The van der Waals surface area contributed by atoms with Gasteiger partial charge in [0, 0.05) is 29.7 Å². The number of nitrogens with one attached hydrogen (secondary N) is 1. The summed E-state index contributed by atoms with van der Waals surface area (Å²) >= 11 is 1.15. The van der Waals surface area contributed by atoms with E-state index in [2.05, 4.69) is 5.32 Å². The number of amides is 3. The number of nitrogens with zero attached hydrogens (tertiary/aromatic N) is 1. The lowest BCUT2D eigenvalue weighted by molar-refractivity contribution is 0.0792. The van der Waals surface area contributed by atoms with E-state index in [0.29, 0.717) is 21.7 Å². The van der Waals surface area contributed by atoms with Gasteiger partial charge in [0.15, 0.2) is 0 Å². The molecule has 1 aliphatic rings. The predicted octanol–water partition coefficient (Wildman–Crippen LogP) is 2.34. The molecular formula is C17H17N3O3S. The fourth-order valence-corrected chi connectivity index (χ4v) is 3.40. The van der Waals surface area contributed by atoms with E-state index in [4.69, 9.17) is 5.73 Å². The van der Waals surface area contributed by atoms with Gasteiger partial charge >= 0.3 is 0 Å². The molecule has 1 saturated heterocycles. The molecule has 0 bridgehead atoms. The molecule has 1 aliphatic heterocycles. The van der Waals surface area contributed by atoms with Crippen LogP contribution in [0.15, 0.2) is 35.7 Å². The predicted molar refractivity (Wildman–Crippen MR) is 92.4 cm³/mol. The fourth-order valence-electron chi connectivity index (χ4n) is 2.61. The molecule has 124 valence electrons. The molecule has 2 aromatic rings. The summed E-state index contributed by atoms with van der Waals surface area (Å²) in [5.41, 5.74) is 6.59. The number of primary amides is 1. The Balaban J connectivity index is 1.72. The van der Waals surface area contributed by atoms with Crippen molar-refractivity contribution >= 4 is 34.7 Å². The van der Waals surface area contributed by atoms with Crippen molar-refractivity contribution < 1.29 is 14.4 Å². The van der Waals surface area contributed by atoms with Crippen LogP contribution in [0.5, 0.6) is 0 Å². The molecule has 0 radical (unpaired) electrons. The molecule has 6 nitrogen and oxygen atoms in total. The zero-order valence-electron chi connectivity index (χ0n) is 13.0. The molecule has 0 unspecified atom stereocenters. The zero-order chi connectivity index (χ0) is 17.1. The van der Waals surface area contributed by atoms with E-state index in [1.54, 1.807) is 29.6 Å². The summed E-state index contributed by atoms with van der Waals surface area (Å²) in [4.78, 5) is 37.9. The van der Waals surface area contributed by atoms with Crippen molar-refractivity contribution in [2.24, 2.45) is 5.73 Å². The number of nitrogens with two attached hydrogens (primary N) is 1. The molecule has 3 amide bonds. The summed E-state index contributed by atoms with van der Waals surface area (Å²) in [6, 6.07) is 8.33. The summed E-state index contributed by atoms with van der Waals surface area (Å²) in [7, 11) is 0. The topological polar surface area (TPSA) is 92.5 Å². The average molecular weight is 343 g/mol. The Morgan fingerprint density at radius 3 is 2.50 bits per heavy atom. The number of carbonyl (C=O) groups excluding carboxylic acids is 3. The number of likely N-dealkylation sites (tertiary alicyclic amines) is 1. The lowest BCUT2D eigenvalue weighted by Gasteiger charge is -2.15. The zero-order valence-corrected chi connectivity index (χ0v) is 13.8. The van der Waals surface area contributed by atoms with Gasteiger partial charge in [-0.1, -0.05) is 6.07 Å². The molecule has 3 rings (SSSR count). The van der Waals surface area contributed by atoms with Crippen molar-refractivity contribution in [2.45, 2.75) is 12.8 Å². The fraction of sp³-hybridized carbons (Fsp3) is 0.235. The van der Waals surface area contributed by atoms with E-state index in [-0.39, 0.29) is 11.8 Å². The van der Waals surface area contributed by atoms with Crippen molar-refractivity contribution in [1.29, 1.82) is 0 Å². The Kier molecular flexibility index (Phi) is 4.61. The van der Waals surface area contributed by atoms with Gasteiger partial charge in [-0.05, 0) is 37.1 Å². The van der Waals surface area contributed by atoms with E-state index in [1.165, 1.54) is 6.07 Å². The third-order valence-electron chi connectivity index (χ3n) is 3.87. The molecule has 1 aromatic heterocycles. The first kappa shape index (κ1) is 16.2. The first-order chi connectivity index (χ1) is 11.5. The number of hydrogen-bond donors (Lipinski definition) is 2. The molecule has 0 spiro atoms. The normalized spacial score (nSPS) is 13.8. The van der Waals surface area contributed by atoms with Crippen LogP contribution >= 0.6 is 11.3 Å². The van der Waals surface area contributed by atoms with Gasteiger partial charge in [-0.15, -0.1) is 11.3 Å². The van der Waals surface area contributed by atoms with Crippen molar-refractivity contribution in [3.8, 4) is 0 Å². The van der Waals surface area contributed by atoms with Crippen LogP contribution in [0, 0.1) is 0 Å². The van der Waals surface area contributed by atoms with E-state index in [1.807, 2.05) is 4.90 Å². The van der Waals surface area contributed by atoms with Gasteiger partial charge in [0.25, 0.3) is 11.8 Å². The smallest absolute Gasteiger partial charge is 0.265 e. The SMILES string of the molecule is NC(=O)c1csc(C(=O)Nc2cccc(C(=O)N3CCCC3)c2)c1. The van der Waals surface area contributed by atoms with Crippen LogP contribution in [-0.4, -0.2) is 35.7 Å². The first-order valence-corrected chi connectivity index (χ1v) is 8.51. The molecular weight excluding hydrogens is 326 g/mol. The molecule has 0 atom stereocenters. The number of rotatable bonds is 4. The van der Waals surface area contributed by atoms with Crippen LogP contribution in [0.1, 0.15) is 43.2 Å². The lowest BCUT2D eigenvalue weighted by atomic mass is 10.1. The summed E-state index contributed by atoms with van der Waals surface area (Å²) in [6.07, 6.45) is 2.06. The van der Waals surface area contributed by atoms with Gasteiger partial charge in [-0.2, -0.15) is 0 Å². The largest absolute Gasteiger partial charge is 0.366 e. The highest BCUT2D eigenvalue weighted by molar-refractivity contribution is 7.12. The quantitative estimate of drug-likeness (QED) is 0.892. The van der Waals surface area contributed by atoms with Crippen LogP contribution in [-0.2, 0) is 0 Å². The molecule has 7 heteroatoms. The molecule has 24 heavy (non-hydrogen) atoms. The van der Waals surface area contributed by atoms with Gasteiger partial charge < -0.3 is 16.0 Å². The van der Waals surface area contributed by atoms with E-state index in [9.17, 15) is 14.4 Å². The van der Waals surface area contributed by atoms with Gasteiger partial charge in [0.2, 0.25) is 5.91 Å². The van der Waals surface area contributed by atoms with Crippen LogP contribution in [0.4, 0.5) is 5.69 Å². The lowest BCUT2D eigenvalue weighted by Crippen LogP contribution is -2.27. The maximum atomic E-state index is 12.4. The summed E-state index contributed by atoms with van der Waals surface area (Å²) < 4.78 is 0. The second-order valence-corrected chi connectivity index (χ2v) is 6.51. The second kappa shape index (κ2) is 6.84. The Bertz CT molecular complexity index is 794. The minimum absolute atomic E-state index is 0.0178. The van der Waals surface area contributed by atoms with Gasteiger partial charge in [0.1, 0.15) is 0 Å². The highest BCUT2D eigenvalue weighted by Gasteiger charge is 2.20. The van der Waals surface area contributed by atoms with Crippen LogP contribution in [0.25, 0.3) is 0 Å². The maximum Gasteiger partial charge on any atom is 0.265 e. The standard InChI is InChI=1S/C17H17N3O3S/c18-15(21)12-9-14(24-10-12)16(22)19-13-5-3-4-11(8-13)17(23)20-6-1-2-7-20/h3-5,8-10H,1-2,6-7H2,(H2,18,21)(H,19,22). The number of anilines is 1. The summed E-state index contributed by atoms with van der Waals surface area (Å²) in [5.74, 6) is -0.919. The van der Waals surface area contributed by atoms with E-state index >= 15 is 0 Å². The molecule has 1 fully saturated rings. The third-order valence-corrected chi connectivity index (χ3v) is 4.80. The van der Waals surface area contributed by atoms with Crippen molar-refractivity contribution in [3.05, 3.63) is 51.7 Å². The van der Waals surface area contributed by atoms with Crippen molar-refractivity contribution in [3.63, 3.8) is 0 Å². The summed E-state index contributed by atoms with van der Waals surface area (Å²) in [6.45, 7) is 1.56. The molecule has 1 aromatic carbocycles. The Morgan fingerprint density at radius 1 is 1.08 bits per heavy atom. The Labute approximate surface area is 143 Å². The highest BCUT2D eigenvalue weighted by atomic mass is 32.1. The van der Waals surface area contributed by atoms with Gasteiger partial charge in [-0.25, -0.2) is 0 Å². The van der Waals surface area contributed by atoms with Crippen molar-refractivity contribution in [1.82, 2.24) is 4.90 Å². The monoisotopic (exact) mass is 343 g/mol. The van der Waals surface area contributed by atoms with Gasteiger partial charge in [-0.3, -0.25) is 14.4 Å². The van der Waals surface area contributed by atoms with Crippen molar-refractivity contribution in [2.75, 3.05) is 18.4 Å². The third kappa shape index (κ3) is 3.46. The second-order valence-electron chi connectivity index (χ2n) is 5.60. The minimum atomic E-state index is -0.566. The first-order valence-electron chi connectivity index (χ1n) is 7.63. The number of carbonyl (C=O) groups is 3. The van der Waals surface area contributed by atoms with Crippen LogP contribution < -0.4 is 11.1 Å². The minimum Gasteiger partial charge on any atom is -0.366 e. The van der Waals surface area contributed by atoms with E-state index < -0.39 is 5.91 Å². The number of thiophene rings is 1. The number of benzene rings is 1. The summed E-state index contributed by atoms with van der Waals surface area (Å²) in [5, 5.41) is 4.29.